The third kappa shape index (κ3) is 7.60. The number of thioether (sulfide) groups is 1. The summed E-state index contributed by atoms with van der Waals surface area (Å²) >= 11 is 3.11. The number of carbonyl (C=O) groups is 2. The summed E-state index contributed by atoms with van der Waals surface area (Å²) < 4.78 is 52.6. The monoisotopic (exact) mass is 650 g/mol. The molecule has 5 rings (SSSR count). The third-order valence-corrected chi connectivity index (χ3v) is 9.84. The summed E-state index contributed by atoms with van der Waals surface area (Å²) in [5, 5.41) is 21.3. The molecule has 2 aliphatic heterocycles. The number of benzene rings is 2. The Morgan fingerprint density at radius 2 is 1.75 bits per heavy atom. The minimum atomic E-state index is -5.02. The van der Waals surface area contributed by atoms with E-state index in [4.69, 9.17) is 9.47 Å². The number of halogens is 3. The van der Waals surface area contributed by atoms with Crippen LogP contribution in [0.4, 0.5) is 13.2 Å². The van der Waals surface area contributed by atoms with Crippen molar-refractivity contribution >= 4 is 34.9 Å². The molecular formula is C30H33F3N4O5S2. The van der Waals surface area contributed by atoms with E-state index in [9.17, 15) is 27.9 Å². The zero-order valence-corrected chi connectivity index (χ0v) is 25.8. The maximum Gasteiger partial charge on any atom is 0.471 e. The Balaban J connectivity index is 1.26. The third-order valence-electron chi connectivity index (χ3n) is 7.78. The summed E-state index contributed by atoms with van der Waals surface area (Å²) in [6.07, 6.45) is -5.64. The summed E-state index contributed by atoms with van der Waals surface area (Å²) in [4.78, 5) is 25.0. The van der Waals surface area contributed by atoms with Crippen molar-refractivity contribution in [1.29, 1.82) is 0 Å². The van der Waals surface area contributed by atoms with Gasteiger partial charge < -0.3 is 24.8 Å². The largest absolute Gasteiger partial charge is 0.471 e. The number of ether oxygens (including phenoxy) is 2. The Morgan fingerprint density at radius 1 is 1.07 bits per heavy atom. The highest BCUT2D eigenvalue weighted by Crippen LogP contribution is 2.43. The number of likely N-dealkylation sites (tertiary alicyclic amines) is 1. The zero-order chi connectivity index (χ0) is 31.4. The number of aryl methyl sites for hydroxylation is 1. The van der Waals surface area contributed by atoms with Crippen molar-refractivity contribution in [1.82, 2.24) is 20.4 Å². The first-order valence-corrected chi connectivity index (χ1v) is 16.0. The molecular weight excluding hydrogens is 617 g/mol. The number of hydrogen-bond acceptors (Lipinski definition) is 9. The van der Waals surface area contributed by atoms with Gasteiger partial charge in [-0.1, -0.05) is 78.6 Å². The van der Waals surface area contributed by atoms with Gasteiger partial charge in [0.2, 0.25) is 5.91 Å². The Bertz CT molecular complexity index is 1440. The molecule has 2 fully saturated rings. The molecule has 0 unspecified atom stereocenters. The first-order chi connectivity index (χ1) is 21.0. The summed E-state index contributed by atoms with van der Waals surface area (Å²) in [5.74, 6) is -1.96. The lowest BCUT2D eigenvalue weighted by atomic mass is 9.91. The van der Waals surface area contributed by atoms with Crippen molar-refractivity contribution in [2.45, 2.75) is 74.9 Å². The van der Waals surface area contributed by atoms with Crippen LogP contribution in [0.1, 0.15) is 59.4 Å². The molecule has 44 heavy (non-hydrogen) atoms. The van der Waals surface area contributed by atoms with Gasteiger partial charge in [-0.3, -0.25) is 9.59 Å². The van der Waals surface area contributed by atoms with Crippen LogP contribution >= 0.6 is 23.1 Å². The molecule has 9 nitrogen and oxygen atoms in total. The van der Waals surface area contributed by atoms with E-state index in [-0.39, 0.29) is 44.2 Å². The van der Waals surface area contributed by atoms with Gasteiger partial charge in [0.05, 0.1) is 18.8 Å². The second kappa shape index (κ2) is 13.9. The van der Waals surface area contributed by atoms with Crippen molar-refractivity contribution in [2.24, 2.45) is 5.92 Å². The molecule has 0 spiro atoms. The standard InChI is InChI=1S/C30H33F3N4O5S2/c1-17-24(16-43-29-36-35-18(2)44-29)41-27(42-25(17)21-9-7-20(15-38)8-10-21)22-11-5-19(6-12-22)14-34-26(39)23-4-3-13-37(23)28(40)30(31,32)33/h5-12,17,23-25,27,38H,3-4,13-16H2,1-2H3,(H,34,39)/t17-,23-,24+,25+,27+/m0/s1. The number of hydrogen-bond donors (Lipinski definition) is 2. The summed E-state index contributed by atoms with van der Waals surface area (Å²) in [6.45, 7) is 3.93. The average molecular weight is 651 g/mol. The molecule has 1 aromatic heterocycles. The molecule has 5 atom stereocenters. The van der Waals surface area contributed by atoms with Gasteiger partial charge in [0, 0.05) is 30.3 Å². The van der Waals surface area contributed by atoms with Gasteiger partial charge in [-0.25, -0.2) is 0 Å². The number of carbonyl (C=O) groups excluding carboxylic acids is 2. The summed E-state index contributed by atoms with van der Waals surface area (Å²) in [6, 6.07) is 13.8. The Hall–Kier alpha value is -3.04. The quantitative estimate of drug-likeness (QED) is 0.308. The van der Waals surface area contributed by atoms with E-state index in [1.54, 1.807) is 23.9 Å². The fourth-order valence-electron chi connectivity index (χ4n) is 5.34. The second-order valence-electron chi connectivity index (χ2n) is 10.8. The second-order valence-corrected chi connectivity index (χ2v) is 13.3. The molecule has 3 heterocycles. The van der Waals surface area contributed by atoms with Gasteiger partial charge in [0.1, 0.15) is 11.0 Å². The fourth-order valence-corrected chi connectivity index (χ4v) is 7.35. The predicted octanol–water partition coefficient (Wildman–Crippen LogP) is 5.09. The van der Waals surface area contributed by atoms with Crippen molar-refractivity contribution in [2.75, 3.05) is 12.3 Å². The molecule has 3 aromatic rings. The first-order valence-electron chi connectivity index (χ1n) is 14.2. The molecule has 2 aromatic carbocycles. The van der Waals surface area contributed by atoms with E-state index in [0.717, 1.165) is 31.6 Å². The molecule has 14 heteroatoms. The lowest BCUT2D eigenvalue weighted by Crippen LogP contribution is -2.50. The summed E-state index contributed by atoms with van der Waals surface area (Å²) in [5.41, 5.74) is 3.27. The lowest BCUT2D eigenvalue weighted by Gasteiger charge is -2.41. The van der Waals surface area contributed by atoms with Gasteiger partial charge in [0.15, 0.2) is 10.6 Å². The normalized spacial score (nSPS) is 24.0. The molecule has 0 radical (unpaired) electrons. The minimum Gasteiger partial charge on any atom is -0.392 e. The number of nitrogens with one attached hydrogen (secondary N) is 1. The number of amides is 2. The van der Waals surface area contributed by atoms with E-state index in [1.165, 1.54) is 11.3 Å². The van der Waals surface area contributed by atoms with Crippen molar-refractivity contribution in [3.05, 3.63) is 75.8 Å². The fraction of sp³-hybridized carbons (Fsp3) is 0.467. The first kappa shape index (κ1) is 32.4. The minimum absolute atomic E-state index is 0.00149. The van der Waals surface area contributed by atoms with E-state index < -0.39 is 30.3 Å². The highest BCUT2D eigenvalue weighted by Gasteiger charge is 2.47. The number of rotatable bonds is 9. The van der Waals surface area contributed by atoms with E-state index in [2.05, 4.69) is 22.4 Å². The highest BCUT2D eigenvalue weighted by atomic mass is 32.2. The average Bonchev–Trinajstić information content (AvgIpc) is 3.68. The number of aliphatic hydroxyl groups is 1. The van der Waals surface area contributed by atoms with Crippen molar-refractivity contribution < 1.29 is 37.3 Å². The molecule has 0 saturated carbocycles. The van der Waals surface area contributed by atoms with E-state index in [1.807, 2.05) is 43.3 Å². The Labute approximate surface area is 261 Å². The van der Waals surface area contributed by atoms with Gasteiger partial charge in [0.25, 0.3) is 0 Å². The van der Waals surface area contributed by atoms with Gasteiger partial charge in [-0.2, -0.15) is 13.2 Å². The zero-order valence-electron chi connectivity index (χ0n) is 24.1. The van der Waals surface area contributed by atoms with Crippen LogP contribution in [0.2, 0.25) is 0 Å². The molecule has 2 saturated heterocycles. The number of nitrogens with zero attached hydrogens (tertiary/aromatic N) is 3. The van der Waals surface area contributed by atoms with Crippen LogP contribution in [0.25, 0.3) is 0 Å². The van der Waals surface area contributed by atoms with E-state index >= 15 is 0 Å². The Kier molecular flexibility index (Phi) is 10.3. The van der Waals surface area contributed by atoms with Crippen LogP contribution in [0.3, 0.4) is 0 Å². The molecule has 236 valence electrons. The lowest BCUT2D eigenvalue weighted by molar-refractivity contribution is -0.268. The van der Waals surface area contributed by atoms with E-state index in [0.29, 0.717) is 17.1 Å². The topological polar surface area (TPSA) is 114 Å². The maximum absolute atomic E-state index is 12.9. The van der Waals surface area contributed by atoms with Gasteiger partial charge in [-0.15, -0.1) is 10.2 Å². The van der Waals surface area contributed by atoms with Crippen LogP contribution in [0.5, 0.6) is 0 Å². The van der Waals surface area contributed by atoms with Crippen molar-refractivity contribution in [3.63, 3.8) is 0 Å². The molecule has 2 aliphatic rings. The molecule has 2 amide bonds. The van der Waals surface area contributed by atoms with Crippen LogP contribution in [-0.4, -0.2) is 62.6 Å². The smallest absolute Gasteiger partial charge is 0.392 e. The van der Waals surface area contributed by atoms with Crippen molar-refractivity contribution in [3.8, 4) is 0 Å². The predicted molar refractivity (Wildman–Crippen MR) is 157 cm³/mol. The van der Waals surface area contributed by atoms with Crippen LogP contribution < -0.4 is 5.32 Å². The summed E-state index contributed by atoms with van der Waals surface area (Å²) in [7, 11) is 0. The molecule has 0 aliphatic carbocycles. The van der Waals surface area contributed by atoms with Crippen LogP contribution in [0.15, 0.2) is 52.9 Å². The maximum atomic E-state index is 12.9. The van der Waals surface area contributed by atoms with Crippen LogP contribution in [-0.2, 0) is 32.2 Å². The molecule has 0 bridgehead atoms. The highest BCUT2D eigenvalue weighted by molar-refractivity contribution is 8.01. The SMILES string of the molecule is Cc1nnc(SC[C@H]2O[C@@H](c3ccc(CNC(=O)[C@@H]4CCCN4C(=O)C(F)(F)F)cc3)O[C@@H](c3ccc(CO)cc3)[C@H]2C)s1. The van der Waals surface area contributed by atoms with Gasteiger partial charge in [-0.05, 0) is 36.5 Å². The van der Waals surface area contributed by atoms with Gasteiger partial charge >= 0.3 is 12.1 Å². The number of aromatic nitrogens is 2. The van der Waals surface area contributed by atoms with Crippen LogP contribution in [0, 0.1) is 12.8 Å². The molecule has 2 N–H and O–H groups in total. The Morgan fingerprint density at radius 3 is 2.39 bits per heavy atom. The number of alkyl halides is 3. The number of aliphatic hydroxyl groups excluding tert-OH is 1.